The van der Waals surface area contributed by atoms with Crippen molar-refractivity contribution in [2.45, 2.75) is 13.0 Å². The fraction of sp³-hybridized carbons (Fsp3) is 0.154. The van der Waals surface area contributed by atoms with Crippen LogP contribution in [0.4, 0.5) is 0 Å². The molecule has 2 nitrogen and oxygen atoms in total. The van der Waals surface area contributed by atoms with Crippen LogP contribution in [0.15, 0.2) is 42.6 Å². The third-order valence-corrected chi connectivity index (χ3v) is 2.68. The van der Waals surface area contributed by atoms with Gasteiger partial charge in [0.1, 0.15) is 0 Å². The molecule has 0 bridgehead atoms. The van der Waals surface area contributed by atoms with E-state index in [4.69, 9.17) is 17.3 Å². The fourth-order valence-corrected chi connectivity index (χ4v) is 1.61. The second-order valence-corrected chi connectivity index (χ2v) is 4.20. The van der Waals surface area contributed by atoms with E-state index in [0.717, 1.165) is 21.8 Å². The van der Waals surface area contributed by atoms with Crippen LogP contribution in [0, 0.1) is 0 Å². The predicted molar refractivity (Wildman–Crippen MR) is 67.3 cm³/mol. The van der Waals surface area contributed by atoms with Crippen molar-refractivity contribution in [2.24, 2.45) is 5.73 Å². The third kappa shape index (κ3) is 2.40. The molecule has 0 saturated carbocycles. The normalized spacial score (nSPS) is 12.4. The third-order valence-electron chi connectivity index (χ3n) is 2.43. The molecule has 1 atom stereocenters. The minimum atomic E-state index is -0.0285. The summed E-state index contributed by atoms with van der Waals surface area (Å²) in [5, 5.41) is 0.740. The predicted octanol–water partition coefficient (Wildman–Crippen LogP) is 3.42. The Labute approximate surface area is 100 Å². The largest absolute Gasteiger partial charge is 0.323 e. The Balaban J connectivity index is 2.31. The van der Waals surface area contributed by atoms with Crippen LogP contribution in [0.5, 0.6) is 0 Å². The molecule has 0 fully saturated rings. The highest BCUT2D eigenvalue weighted by molar-refractivity contribution is 6.30. The first-order chi connectivity index (χ1) is 7.66. The number of nitrogens with two attached hydrogens (primary N) is 1. The summed E-state index contributed by atoms with van der Waals surface area (Å²) < 4.78 is 0. The van der Waals surface area contributed by atoms with E-state index < -0.39 is 0 Å². The van der Waals surface area contributed by atoms with Gasteiger partial charge < -0.3 is 5.73 Å². The van der Waals surface area contributed by atoms with Gasteiger partial charge in [-0.05, 0) is 30.7 Å². The maximum absolute atomic E-state index is 5.83. The van der Waals surface area contributed by atoms with Crippen LogP contribution >= 0.6 is 11.6 Å². The van der Waals surface area contributed by atoms with Crippen molar-refractivity contribution in [3.8, 4) is 11.1 Å². The van der Waals surface area contributed by atoms with Gasteiger partial charge in [0.2, 0.25) is 0 Å². The van der Waals surface area contributed by atoms with Crippen LogP contribution < -0.4 is 5.73 Å². The zero-order chi connectivity index (χ0) is 11.5. The molecule has 16 heavy (non-hydrogen) atoms. The molecule has 3 heteroatoms. The highest BCUT2D eigenvalue weighted by atomic mass is 35.5. The Hall–Kier alpha value is -1.38. The molecule has 2 aromatic rings. The summed E-state index contributed by atoms with van der Waals surface area (Å²) >= 11 is 5.83. The highest BCUT2D eigenvalue weighted by Crippen LogP contribution is 2.21. The van der Waals surface area contributed by atoms with Crippen molar-refractivity contribution >= 4 is 11.6 Å². The summed E-state index contributed by atoms with van der Waals surface area (Å²) in [6, 6.07) is 11.6. The number of pyridine rings is 1. The summed E-state index contributed by atoms with van der Waals surface area (Å²) in [4.78, 5) is 4.32. The summed E-state index contributed by atoms with van der Waals surface area (Å²) in [6.45, 7) is 1.92. The quantitative estimate of drug-likeness (QED) is 0.862. The maximum Gasteiger partial charge on any atom is 0.0568 e. The first kappa shape index (κ1) is 11.1. The molecule has 0 amide bonds. The van der Waals surface area contributed by atoms with Gasteiger partial charge in [-0.1, -0.05) is 29.8 Å². The van der Waals surface area contributed by atoms with Crippen molar-refractivity contribution in [3.63, 3.8) is 0 Å². The zero-order valence-corrected chi connectivity index (χ0v) is 9.78. The van der Waals surface area contributed by atoms with E-state index in [1.54, 1.807) is 0 Å². The Morgan fingerprint density at radius 2 is 1.69 bits per heavy atom. The van der Waals surface area contributed by atoms with Crippen molar-refractivity contribution in [1.29, 1.82) is 0 Å². The van der Waals surface area contributed by atoms with Crippen molar-refractivity contribution in [1.82, 2.24) is 4.98 Å². The minimum absolute atomic E-state index is 0.0285. The molecule has 1 aromatic carbocycles. The zero-order valence-electron chi connectivity index (χ0n) is 9.02. The van der Waals surface area contributed by atoms with Crippen LogP contribution in [0.3, 0.4) is 0 Å². The van der Waals surface area contributed by atoms with Gasteiger partial charge in [-0.3, -0.25) is 4.98 Å². The Morgan fingerprint density at radius 3 is 2.19 bits per heavy atom. The molecular formula is C13H13ClN2. The van der Waals surface area contributed by atoms with Gasteiger partial charge >= 0.3 is 0 Å². The second-order valence-electron chi connectivity index (χ2n) is 3.77. The number of hydrogen-bond acceptors (Lipinski definition) is 2. The molecule has 2 N–H and O–H groups in total. The number of nitrogens with zero attached hydrogens (tertiary/aromatic N) is 1. The lowest BCUT2D eigenvalue weighted by atomic mass is 10.1. The number of halogens is 1. The Bertz CT molecular complexity index is 460. The van der Waals surface area contributed by atoms with Crippen LogP contribution in [0.25, 0.3) is 11.1 Å². The summed E-state index contributed by atoms with van der Waals surface area (Å²) in [5.41, 5.74) is 8.82. The van der Waals surface area contributed by atoms with Crippen LogP contribution in [-0.2, 0) is 0 Å². The number of benzene rings is 1. The number of rotatable bonds is 2. The van der Waals surface area contributed by atoms with Gasteiger partial charge in [-0.25, -0.2) is 0 Å². The highest BCUT2D eigenvalue weighted by Gasteiger charge is 2.02. The molecule has 2 rings (SSSR count). The summed E-state index contributed by atoms with van der Waals surface area (Å²) in [7, 11) is 0. The van der Waals surface area contributed by atoms with Gasteiger partial charge in [-0.2, -0.15) is 0 Å². The fourth-order valence-electron chi connectivity index (χ4n) is 1.49. The molecule has 82 valence electrons. The van der Waals surface area contributed by atoms with Crippen molar-refractivity contribution in [2.75, 3.05) is 0 Å². The molecule has 0 saturated heterocycles. The number of hydrogen-bond donors (Lipinski definition) is 1. The molecule has 0 spiro atoms. The van der Waals surface area contributed by atoms with E-state index in [0.29, 0.717) is 0 Å². The minimum Gasteiger partial charge on any atom is -0.323 e. The van der Waals surface area contributed by atoms with E-state index in [9.17, 15) is 0 Å². The monoisotopic (exact) mass is 232 g/mol. The average Bonchev–Trinajstić information content (AvgIpc) is 2.30. The Morgan fingerprint density at radius 1 is 1.06 bits per heavy atom. The molecule has 0 aliphatic rings. The molecular weight excluding hydrogens is 220 g/mol. The Kier molecular flexibility index (Phi) is 3.22. The van der Waals surface area contributed by atoms with E-state index in [1.807, 2.05) is 49.5 Å². The molecule has 1 aromatic heterocycles. The van der Waals surface area contributed by atoms with Gasteiger partial charge in [0.05, 0.1) is 5.69 Å². The van der Waals surface area contributed by atoms with Gasteiger partial charge in [0, 0.05) is 22.8 Å². The lowest BCUT2D eigenvalue weighted by Crippen LogP contribution is -2.06. The van der Waals surface area contributed by atoms with E-state index in [1.165, 1.54) is 0 Å². The summed E-state index contributed by atoms with van der Waals surface area (Å²) in [5.74, 6) is 0. The lowest BCUT2D eigenvalue weighted by Gasteiger charge is -2.06. The van der Waals surface area contributed by atoms with Crippen LogP contribution in [-0.4, -0.2) is 4.98 Å². The molecule has 1 heterocycles. The molecule has 0 aliphatic carbocycles. The van der Waals surface area contributed by atoms with E-state index >= 15 is 0 Å². The smallest absolute Gasteiger partial charge is 0.0568 e. The summed E-state index contributed by atoms with van der Waals surface area (Å²) in [6.07, 6.45) is 1.84. The standard InChI is InChI=1S/C13H13ClN2/c1-9(15)13-7-4-11(8-16-13)10-2-5-12(14)6-3-10/h2-9H,15H2,1H3/t9-/m0/s1. The lowest BCUT2D eigenvalue weighted by molar-refractivity contribution is 0.781. The maximum atomic E-state index is 5.83. The first-order valence-corrected chi connectivity index (χ1v) is 5.52. The topological polar surface area (TPSA) is 38.9 Å². The average molecular weight is 233 g/mol. The van der Waals surface area contributed by atoms with Gasteiger partial charge in [0.15, 0.2) is 0 Å². The van der Waals surface area contributed by atoms with Crippen molar-refractivity contribution < 1.29 is 0 Å². The van der Waals surface area contributed by atoms with Crippen LogP contribution in [0.2, 0.25) is 5.02 Å². The second kappa shape index (κ2) is 4.64. The van der Waals surface area contributed by atoms with Gasteiger partial charge in [0.25, 0.3) is 0 Å². The van der Waals surface area contributed by atoms with Crippen molar-refractivity contribution in [3.05, 3.63) is 53.3 Å². The van der Waals surface area contributed by atoms with Crippen LogP contribution in [0.1, 0.15) is 18.7 Å². The molecule has 0 aliphatic heterocycles. The molecule has 0 unspecified atom stereocenters. The first-order valence-electron chi connectivity index (χ1n) is 5.14. The molecule has 0 radical (unpaired) electrons. The van der Waals surface area contributed by atoms with E-state index in [2.05, 4.69) is 4.98 Å². The van der Waals surface area contributed by atoms with E-state index in [-0.39, 0.29) is 6.04 Å². The number of aromatic nitrogens is 1. The SMILES string of the molecule is C[C@H](N)c1ccc(-c2ccc(Cl)cc2)cn1. The van der Waals surface area contributed by atoms with Gasteiger partial charge in [-0.15, -0.1) is 0 Å².